The molecule has 20 heavy (non-hydrogen) atoms. The molecule has 3 nitrogen and oxygen atoms in total. The van der Waals surface area contributed by atoms with Crippen molar-refractivity contribution in [3.8, 4) is 0 Å². The molecule has 2 bridgehead atoms. The molecular formula is C17H28O3. The SMILES string of the molecule is CCC1CC2CCCC(C1)C21OOC2(CCCCC2)O1. The summed E-state index contributed by atoms with van der Waals surface area (Å²) in [7, 11) is 0. The largest absolute Gasteiger partial charge is 0.312 e. The Balaban J connectivity index is 1.58. The van der Waals surface area contributed by atoms with Gasteiger partial charge in [-0.15, -0.1) is 0 Å². The minimum atomic E-state index is -0.398. The Morgan fingerprint density at radius 1 is 0.900 bits per heavy atom. The van der Waals surface area contributed by atoms with E-state index in [-0.39, 0.29) is 5.79 Å². The van der Waals surface area contributed by atoms with Crippen LogP contribution in [-0.2, 0) is 14.5 Å². The summed E-state index contributed by atoms with van der Waals surface area (Å²) in [6.45, 7) is 2.33. The number of hydrogen-bond donors (Lipinski definition) is 0. The summed E-state index contributed by atoms with van der Waals surface area (Å²) in [4.78, 5) is 11.9. The molecule has 1 saturated heterocycles. The first-order valence-corrected chi connectivity index (χ1v) is 8.83. The van der Waals surface area contributed by atoms with Crippen LogP contribution >= 0.6 is 0 Å². The van der Waals surface area contributed by atoms with Crippen LogP contribution in [0.5, 0.6) is 0 Å². The molecule has 1 heterocycles. The third-order valence-electron chi connectivity index (χ3n) is 6.34. The Labute approximate surface area is 122 Å². The Bertz CT molecular complexity index is 347. The van der Waals surface area contributed by atoms with E-state index in [1.165, 1.54) is 57.8 Å². The Morgan fingerprint density at radius 2 is 1.60 bits per heavy atom. The van der Waals surface area contributed by atoms with Crippen LogP contribution < -0.4 is 0 Å². The van der Waals surface area contributed by atoms with Gasteiger partial charge >= 0.3 is 0 Å². The summed E-state index contributed by atoms with van der Waals surface area (Å²) in [5, 5.41) is 0. The molecule has 0 amide bonds. The van der Waals surface area contributed by atoms with Crippen molar-refractivity contribution in [2.75, 3.05) is 0 Å². The van der Waals surface area contributed by atoms with E-state index < -0.39 is 5.79 Å². The van der Waals surface area contributed by atoms with E-state index in [0.717, 1.165) is 18.8 Å². The molecular weight excluding hydrogens is 252 g/mol. The van der Waals surface area contributed by atoms with Gasteiger partial charge in [0, 0.05) is 24.7 Å². The highest BCUT2D eigenvalue weighted by Gasteiger charge is 2.63. The summed E-state index contributed by atoms with van der Waals surface area (Å²) < 4.78 is 6.63. The molecule has 2 atom stereocenters. The van der Waals surface area contributed by atoms with Gasteiger partial charge in [0.2, 0.25) is 11.6 Å². The van der Waals surface area contributed by atoms with Gasteiger partial charge in [-0.25, -0.2) is 0 Å². The fraction of sp³-hybridized carbons (Fsp3) is 1.00. The molecule has 4 fully saturated rings. The lowest BCUT2D eigenvalue weighted by Gasteiger charge is -2.50. The summed E-state index contributed by atoms with van der Waals surface area (Å²) in [5.74, 6) is 1.19. The van der Waals surface area contributed by atoms with E-state index in [1.807, 2.05) is 0 Å². The predicted molar refractivity (Wildman–Crippen MR) is 75.6 cm³/mol. The first kappa shape index (κ1) is 13.5. The summed E-state index contributed by atoms with van der Waals surface area (Å²) in [6.07, 6.45) is 13.5. The number of ether oxygens (including phenoxy) is 1. The molecule has 3 aliphatic carbocycles. The van der Waals surface area contributed by atoms with Gasteiger partial charge in [-0.1, -0.05) is 26.2 Å². The second-order valence-electron chi connectivity index (χ2n) is 7.53. The van der Waals surface area contributed by atoms with Gasteiger partial charge in [0.05, 0.1) is 0 Å². The van der Waals surface area contributed by atoms with Crippen LogP contribution in [-0.4, -0.2) is 11.6 Å². The third kappa shape index (κ3) is 1.97. The quantitative estimate of drug-likeness (QED) is 0.659. The predicted octanol–water partition coefficient (Wildman–Crippen LogP) is 4.56. The molecule has 0 aromatic heterocycles. The van der Waals surface area contributed by atoms with Crippen molar-refractivity contribution in [3.63, 3.8) is 0 Å². The maximum Gasteiger partial charge on any atom is 0.210 e. The van der Waals surface area contributed by atoms with Crippen molar-refractivity contribution < 1.29 is 14.5 Å². The lowest BCUT2D eigenvalue weighted by Crippen LogP contribution is -2.54. The molecule has 0 N–H and O–H groups in total. The zero-order chi connectivity index (χ0) is 13.6. The van der Waals surface area contributed by atoms with Gasteiger partial charge < -0.3 is 4.74 Å². The van der Waals surface area contributed by atoms with E-state index in [1.54, 1.807) is 0 Å². The van der Waals surface area contributed by atoms with E-state index in [4.69, 9.17) is 14.5 Å². The minimum Gasteiger partial charge on any atom is -0.312 e. The highest BCUT2D eigenvalue weighted by Crippen LogP contribution is 2.58. The molecule has 114 valence electrons. The van der Waals surface area contributed by atoms with Crippen LogP contribution in [0.4, 0.5) is 0 Å². The monoisotopic (exact) mass is 280 g/mol. The molecule has 2 spiro atoms. The molecule has 1 aliphatic heterocycles. The normalized spacial score (nSPS) is 47.0. The van der Waals surface area contributed by atoms with Crippen LogP contribution in [0.2, 0.25) is 0 Å². The molecule has 0 radical (unpaired) electrons. The second-order valence-corrected chi connectivity index (χ2v) is 7.53. The van der Waals surface area contributed by atoms with E-state index in [9.17, 15) is 0 Å². The lowest BCUT2D eigenvalue weighted by molar-refractivity contribution is -0.383. The number of hydrogen-bond acceptors (Lipinski definition) is 3. The molecule has 0 aromatic carbocycles. The zero-order valence-electron chi connectivity index (χ0n) is 12.7. The summed E-state index contributed by atoms with van der Waals surface area (Å²) in [5.41, 5.74) is 0. The van der Waals surface area contributed by atoms with Crippen LogP contribution in [0.15, 0.2) is 0 Å². The van der Waals surface area contributed by atoms with Crippen molar-refractivity contribution in [1.82, 2.24) is 0 Å². The Kier molecular flexibility index (Phi) is 3.36. The topological polar surface area (TPSA) is 27.7 Å². The van der Waals surface area contributed by atoms with Gasteiger partial charge in [-0.2, -0.15) is 9.78 Å². The van der Waals surface area contributed by atoms with E-state index >= 15 is 0 Å². The van der Waals surface area contributed by atoms with Crippen LogP contribution in [0.3, 0.4) is 0 Å². The zero-order valence-corrected chi connectivity index (χ0v) is 12.7. The summed E-state index contributed by atoms with van der Waals surface area (Å²) in [6, 6.07) is 0. The maximum absolute atomic E-state index is 6.63. The fourth-order valence-corrected chi connectivity index (χ4v) is 5.19. The molecule has 2 unspecified atom stereocenters. The van der Waals surface area contributed by atoms with Gasteiger partial charge in [0.25, 0.3) is 0 Å². The van der Waals surface area contributed by atoms with Crippen molar-refractivity contribution in [2.45, 2.75) is 89.1 Å². The minimum absolute atomic E-state index is 0.388. The lowest BCUT2D eigenvalue weighted by atomic mass is 9.63. The van der Waals surface area contributed by atoms with E-state index in [2.05, 4.69) is 6.92 Å². The third-order valence-corrected chi connectivity index (χ3v) is 6.34. The van der Waals surface area contributed by atoms with Crippen LogP contribution in [0.25, 0.3) is 0 Å². The van der Waals surface area contributed by atoms with Crippen molar-refractivity contribution in [2.24, 2.45) is 17.8 Å². The highest BCUT2D eigenvalue weighted by atomic mass is 17.3. The van der Waals surface area contributed by atoms with Crippen molar-refractivity contribution in [3.05, 3.63) is 0 Å². The Hall–Kier alpha value is -0.120. The second kappa shape index (κ2) is 4.96. The summed E-state index contributed by atoms with van der Waals surface area (Å²) >= 11 is 0. The van der Waals surface area contributed by atoms with Crippen molar-refractivity contribution >= 4 is 0 Å². The smallest absolute Gasteiger partial charge is 0.210 e. The standard InChI is InChI=1S/C17H28O3/c1-2-13-11-14-7-6-8-15(12-13)17(14)18-16(19-20-17)9-4-3-5-10-16/h13-15H,2-12H2,1H3. The van der Waals surface area contributed by atoms with Gasteiger partial charge in [-0.05, 0) is 44.4 Å². The maximum atomic E-state index is 6.63. The van der Waals surface area contributed by atoms with Gasteiger partial charge in [0.1, 0.15) is 0 Å². The van der Waals surface area contributed by atoms with Crippen LogP contribution in [0.1, 0.15) is 77.6 Å². The first-order chi connectivity index (χ1) is 9.76. The average molecular weight is 280 g/mol. The molecule has 3 heteroatoms. The molecule has 3 saturated carbocycles. The first-order valence-electron chi connectivity index (χ1n) is 8.83. The van der Waals surface area contributed by atoms with Gasteiger partial charge in [-0.3, -0.25) is 0 Å². The fourth-order valence-electron chi connectivity index (χ4n) is 5.19. The molecule has 4 aliphatic rings. The van der Waals surface area contributed by atoms with E-state index in [0.29, 0.717) is 11.8 Å². The molecule has 4 rings (SSSR count). The highest BCUT2D eigenvalue weighted by molar-refractivity contribution is 4.99. The average Bonchev–Trinajstić information content (AvgIpc) is 2.79. The van der Waals surface area contributed by atoms with Crippen molar-refractivity contribution in [1.29, 1.82) is 0 Å². The Morgan fingerprint density at radius 3 is 2.25 bits per heavy atom. The van der Waals surface area contributed by atoms with Gasteiger partial charge in [0.15, 0.2) is 0 Å². The molecule has 0 aromatic rings. The van der Waals surface area contributed by atoms with Crippen LogP contribution in [0, 0.1) is 17.8 Å². The number of rotatable bonds is 1.